The Morgan fingerprint density at radius 2 is 1.84 bits per heavy atom. The van der Waals surface area contributed by atoms with Crippen LogP contribution in [0.3, 0.4) is 0 Å². The van der Waals surface area contributed by atoms with Gasteiger partial charge in [-0.05, 0) is 61.9 Å². The van der Waals surface area contributed by atoms with Crippen LogP contribution in [0.5, 0.6) is 5.75 Å². The standard InChI is InChI=1S/C16H20O2S/c1-10-8-12(3)14(13(9-10)18-5)16(4,17)15-11(2)6-7-19-15/h6-9,17H,1-5H3. The molecule has 0 spiro atoms. The van der Waals surface area contributed by atoms with Crippen molar-refractivity contribution in [2.45, 2.75) is 33.3 Å². The van der Waals surface area contributed by atoms with E-state index >= 15 is 0 Å². The third kappa shape index (κ3) is 2.40. The van der Waals surface area contributed by atoms with Crippen LogP contribution in [0.25, 0.3) is 0 Å². The molecule has 2 rings (SSSR count). The molecule has 1 aromatic heterocycles. The molecule has 0 aliphatic heterocycles. The first-order chi connectivity index (χ1) is 8.87. The second-order valence-corrected chi connectivity index (χ2v) is 6.08. The van der Waals surface area contributed by atoms with Gasteiger partial charge in [0.25, 0.3) is 0 Å². The Labute approximate surface area is 118 Å². The van der Waals surface area contributed by atoms with Gasteiger partial charge in [0.05, 0.1) is 7.11 Å². The monoisotopic (exact) mass is 276 g/mol. The van der Waals surface area contributed by atoms with E-state index < -0.39 is 5.60 Å². The van der Waals surface area contributed by atoms with E-state index in [0.29, 0.717) is 0 Å². The number of aryl methyl sites for hydroxylation is 3. The number of hydrogen-bond acceptors (Lipinski definition) is 3. The van der Waals surface area contributed by atoms with Gasteiger partial charge in [0.1, 0.15) is 11.4 Å². The van der Waals surface area contributed by atoms with E-state index in [9.17, 15) is 5.11 Å². The molecule has 0 aliphatic carbocycles. The zero-order chi connectivity index (χ0) is 14.2. The predicted octanol–water partition coefficient (Wildman–Crippen LogP) is 3.94. The molecule has 2 nitrogen and oxygen atoms in total. The van der Waals surface area contributed by atoms with E-state index in [1.165, 1.54) is 0 Å². The highest BCUT2D eigenvalue weighted by Gasteiger charge is 2.33. The number of ether oxygens (including phenoxy) is 1. The summed E-state index contributed by atoms with van der Waals surface area (Å²) in [6.07, 6.45) is 0. The van der Waals surface area contributed by atoms with Crippen LogP contribution >= 0.6 is 11.3 Å². The van der Waals surface area contributed by atoms with Gasteiger partial charge in [0.15, 0.2) is 0 Å². The second-order valence-electron chi connectivity index (χ2n) is 5.16. The Morgan fingerprint density at radius 3 is 2.37 bits per heavy atom. The maximum Gasteiger partial charge on any atom is 0.125 e. The molecule has 102 valence electrons. The van der Waals surface area contributed by atoms with E-state index in [4.69, 9.17) is 4.74 Å². The first-order valence-electron chi connectivity index (χ1n) is 6.30. The first-order valence-corrected chi connectivity index (χ1v) is 7.18. The van der Waals surface area contributed by atoms with Crippen molar-refractivity contribution in [1.29, 1.82) is 0 Å². The number of benzene rings is 1. The average molecular weight is 276 g/mol. The molecular formula is C16H20O2S. The Bertz CT molecular complexity index is 597. The minimum absolute atomic E-state index is 0.746. The van der Waals surface area contributed by atoms with Crippen molar-refractivity contribution in [3.05, 3.63) is 50.7 Å². The zero-order valence-corrected chi connectivity index (χ0v) is 12.9. The van der Waals surface area contributed by atoms with Gasteiger partial charge in [-0.2, -0.15) is 0 Å². The molecule has 1 N–H and O–H groups in total. The zero-order valence-electron chi connectivity index (χ0n) is 12.1. The minimum atomic E-state index is -1.03. The van der Waals surface area contributed by atoms with E-state index in [0.717, 1.165) is 32.9 Å². The first kappa shape index (κ1) is 14.1. The van der Waals surface area contributed by atoms with Crippen molar-refractivity contribution >= 4 is 11.3 Å². The topological polar surface area (TPSA) is 29.5 Å². The Kier molecular flexibility index (Phi) is 3.70. The number of thiophene rings is 1. The largest absolute Gasteiger partial charge is 0.496 e. The highest BCUT2D eigenvalue weighted by molar-refractivity contribution is 7.10. The molecule has 0 fully saturated rings. The molecule has 1 unspecified atom stereocenters. The van der Waals surface area contributed by atoms with Crippen LogP contribution in [-0.2, 0) is 5.60 Å². The molecular weight excluding hydrogens is 256 g/mol. The minimum Gasteiger partial charge on any atom is -0.496 e. The third-order valence-electron chi connectivity index (χ3n) is 3.45. The quantitative estimate of drug-likeness (QED) is 0.920. The number of rotatable bonds is 3. The van der Waals surface area contributed by atoms with Crippen LogP contribution < -0.4 is 4.74 Å². The van der Waals surface area contributed by atoms with Gasteiger partial charge in [0.2, 0.25) is 0 Å². The fourth-order valence-corrected chi connectivity index (χ4v) is 3.69. The van der Waals surface area contributed by atoms with Crippen LogP contribution in [-0.4, -0.2) is 12.2 Å². The van der Waals surface area contributed by atoms with E-state index in [-0.39, 0.29) is 0 Å². The molecule has 3 heteroatoms. The van der Waals surface area contributed by atoms with Crippen molar-refractivity contribution in [3.63, 3.8) is 0 Å². The maximum atomic E-state index is 11.0. The lowest BCUT2D eigenvalue weighted by Gasteiger charge is -2.28. The number of aliphatic hydroxyl groups is 1. The van der Waals surface area contributed by atoms with Gasteiger partial charge < -0.3 is 9.84 Å². The second kappa shape index (κ2) is 4.99. The van der Waals surface area contributed by atoms with Gasteiger partial charge in [-0.1, -0.05) is 6.07 Å². The molecule has 1 atom stereocenters. The summed E-state index contributed by atoms with van der Waals surface area (Å²) in [6.45, 7) is 7.91. The smallest absolute Gasteiger partial charge is 0.125 e. The van der Waals surface area contributed by atoms with Gasteiger partial charge >= 0.3 is 0 Å². The molecule has 19 heavy (non-hydrogen) atoms. The van der Waals surface area contributed by atoms with E-state index in [1.807, 2.05) is 45.2 Å². The molecule has 0 amide bonds. The Balaban J connectivity index is 2.67. The van der Waals surface area contributed by atoms with Crippen molar-refractivity contribution in [1.82, 2.24) is 0 Å². The number of hydrogen-bond donors (Lipinski definition) is 1. The highest BCUT2D eigenvalue weighted by atomic mass is 32.1. The molecule has 0 radical (unpaired) electrons. The lowest BCUT2D eigenvalue weighted by Crippen LogP contribution is -2.24. The van der Waals surface area contributed by atoms with Crippen molar-refractivity contribution in [3.8, 4) is 5.75 Å². The van der Waals surface area contributed by atoms with Crippen LogP contribution in [0, 0.1) is 20.8 Å². The lowest BCUT2D eigenvalue weighted by atomic mass is 9.87. The lowest BCUT2D eigenvalue weighted by molar-refractivity contribution is 0.101. The van der Waals surface area contributed by atoms with Gasteiger partial charge in [-0.25, -0.2) is 0 Å². The highest BCUT2D eigenvalue weighted by Crippen LogP contribution is 2.41. The molecule has 0 aliphatic rings. The molecule has 1 aromatic carbocycles. The van der Waals surface area contributed by atoms with Gasteiger partial charge in [0, 0.05) is 10.4 Å². The van der Waals surface area contributed by atoms with Crippen LogP contribution in [0.1, 0.15) is 34.1 Å². The SMILES string of the molecule is COc1cc(C)cc(C)c1C(C)(O)c1sccc1C. The van der Waals surface area contributed by atoms with Crippen molar-refractivity contribution in [2.24, 2.45) is 0 Å². The average Bonchev–Trinajstić information content (AvgIpc) is 2.74. The van der Waals surface area contributed by atoms with Crippen LogP contribution in [0.15, 0.2) is 23.6 Å². The Morgan fingerprint density at radius 1 is 1.16 bits per heavy atom. The van der Waals surface area contributed by atoms with Crippen LogP contribution in [0.2, 0.25) is 0 Å². The fourth-order valence-electron chi connectivity index (χ4n) is 2.70. The fraction of sp³-hybridized carbons (Fsp3) is 0.375. The molecule has 2 aromatic rings. The maximum absolute atomic E-state index is 11.0. The van der Waals surface area contributed by atoms with Crippen LogP contribution in [0.4, 0.5) is 0 Å². The van der Waals surface area contributed by atoms with Crippen molar-refractivity contribution in [2.75, 3.05) is 7.11 Å². The molecule has 1 heterocycles. The van der Waals surface area contributed by atoms with Gasteiger partial charge in [-0.3, -0.25) is 0 Å². The van der Waals surface area contributed by atoms with Crippen molar-refractivity contribution < 1.29 is 9.84 Å². The summed E-state index contributed by atoms with van der Waals surface area (Å²) in [6, 6.07) is 6.08. The molecule has 0 saturated heterocycles. The normalized spacial score (nSPS) is 14.2. The summed E-state index contributed by atoms with van der Waals surface area (Å²) in [4.78, 5) is 0.970. The summed E-state index contributed by atoms with van der Waals surface area (Å²) in [5.74, 6) is 0.746. The summed E-state index contributed by atoms with van der Waals surface area (Å²) >= 11 is 1.58. The summed E-state index contributed by atoms with van der Waals surface area (Å²) < 4.78 is 5.48. The molecule has 0 saturated carbocycles. The number of methoxy groups -OCH3 is 1. The third-order valence-corrected chi connectivity index (χ3v) is 4.68. The van der Waals surface area contributed by atoms with E-state index in [2.05, 4.69) is 6.07 Å². The van der Waals surface area contributed by atoms with E-state index in [1.54, 1.807) is 18.4 Å². The summed E-state index contributed by atoms with van der Waals surface area (Å²) in [5, 5.41) is 13.1. The summed E-state index contributed by atoms with van der Waals surface area (Å²) in [7, 11) is 1.65. The predicted molar refractivity (Wildman–Crippen MR) is 80.2 cm³/mol. The summed E-state index contributed by atoms with van der Waals surface area (Å²) in [5.41, 5.74) is 3.12. The Hall–Kier alpha value is -1.32. The van der Waals surface area contributed by atoms with Gasteiger partial charge in [-0.15, -0.1) is 11.3 Å². The molecule has 0 bridgehead atoms.